The molecule has 0 atom stereocenters. The van der Waals surface area contributed by atoms with Crippen molar-refractivity contribution in [1.82, 2.24) is 0 Å². The van der Waals surface area contributed by atoms with Gasteiger partial charge in [0.1, 0.15) is 0 Å². The second-order valence-electron chi connectivity index (χ2n) is 16.5. The monoisotopic (exact) mass is 830 g/mol. The van der Waals surface area contributed by atoms with E-state index in [0.29, 0.717) is 0 Å². The van der Waals surface area contributed by atoms with Crippen LogP contribution in [-0.4, -0.2) is 0 Å². The molecule has 62 heavy (non-hydrogen) atoms. The molecule has 10 aromatic carbocycles. The molecule has 0 unspecified atom stereocenters. The van der Waals surface area contributed by atoms with Crippen LogP contribution in [0.2, 0.25) is 0 Å². The SMILES string of the molecule is Cc1cc(C)cc(-c2cc3ccccc3c(-c3c(P(c4ccccc4)c4ccccc4)c(-c4cc(C)cc(C)c4)cc4ccccc34)c2P(c2ccccc2)c2ccccc2)c1. The lowest BCUT2D eigenvalue weighted by molar-refractivity contribution is 1.39. The van der Waals surface area contributed by atoms with Gasteiger partial charge >= 0.3 is 0 Å². The lowest BCUT2D eigenvalue weighted by Gasteiger charge is -2.32. The van der Waals surface area contributed by atoms with Crippen molar-refractivity contribution in [1.29, 1.82) is 0 Å². The Labute approximate surface area is 369 Å². The number of benzene rings is 10. The minimum Gasteiger partial charge on any atom is -0.0622 e. The van der Waals surface area contributed by atoms with Gasteiger partial charge in [-0.15, -0.1) is 0 Å². The average Bonchev–Trinajstić information content (AvgIpc) is 3.29. The molecule has 298 valence electrons. The molecule has 0 aromatic heterocycles. The van der Waals surface area contributed by atoms with Crippen LogP contribution in [0.15, 0.2) is 218 Å². The Hall–Kier alpha value is -6.42. The first-order valence-corrected chi connectivity index (χ1v) is 24.2. The van der Waals surface area contributed by atoms with E-state index in [9.17, 15) is 0 Å². The molecule has 0 saturated heterocycles. The topological polar surface area (TPSA) is 0 Å². The highest BCUT2D eigenvalue weighted by Gasteiger charge is 2.32. The van der Waals surface area contributed by atoms with Crippen molar-refractivity contribution in [3.05, 3.63) is 241 Å². The first kappa shape index (κ1) is 39.7. The smallest absolute Gasteiger partial charge is 0.00129 e. The van der Waals surface area contributed by atoms with Gasteiger partial charge in [0.15, 0.2) is 0 Å². The van der Waals surface area contributed by atoms with Gasteiger partial charge in [0, 0.05) is 10.6 Å². The standard InChI is InChI=1S/C60H48P2/c1-41-33-42(2)36-47(35-41)55-39-45-21-17-19-31-53(45)57(59(55)61(49-23-9-5-10-24-49)50-25-11-6-12-26-50)58-54-32-20-18-22-46(54)40-56(48-37-43(3)34-44(4)38-48)60(58)62(51-27-13-7-14-28-51)52-29-15-8-16-30-52/h5-40H,1-4H3. The molecule has 0 N–H and O–H groups in total. The van der Waals surface area contributed by atoms with E-state index >= 15 is 0 Å². The first-order chi connectivity index (χ1) is 30.4. The van der Waals surface area contributed by atoms with Crippen LogP contribution in [0.4, 0.5) is 0 Å². The van der Waals surface area contributed by atoms with E-state index in [4.69, 9.17) is 0 Å². The highest BCUT2D eigenvalue weighted by molar-refractivity contribution is 7.81. The zero-order chi connectivity index (χ0) is 42.2. The van der Waals surface area contributed by atoms with Crippen molar-refractivity contribution in [3.63, 3.8) is 0 Å². The number of hydrogen-bond donors (Lipinski definition) is 0. The summed E-state index contributed by atoms with van der Waals surface area (Å²) in [5, 5.41) is 13.1. The molecule has 0 aliphatic heterocycles. The van der Waals surface area contributed by atoms with Crippen molar-refractivity contribution in [2.24, 2.45) is 0 Å². The molecule has 0 amide bonds. The van der Waals surface area contributed by atoms with E-state index < -0.39 is 15.8 Å². The zero-order valence-corrected chi connectivity index (χ0v) is 37.5. The Balaban J connectivity index is 1.50. The van der Waals surface area contributed by atoms with Gasteiger partial charge in [-0.1, -0.05) is 229 Å². The summed E-state index contributed by atoms with van der Waals surface area (Å²) in [7, 11) is -2.18. The van der Waals surface area contributed by atoms with E-state index in [-0.39, 0.29) is 0 Å². The van der Waals surface area contributed by atoms with Crippen molar-refractivity contribution >= 4 is 69.2 Å². The Morgan fingerprint density at radius 3 is 0.855 bits per heavy atom. The summed E-state index contributed by atoms with van der Waals surface area (Å²) in [6, 6.07) is 82.7. The summed E-state index contributed by atoms with van der Waals surface area (Å²) in [5.41, 5.74) is 12.8. The van der Waals surface area contributed by atoms with Crippen LogP contribution in [0.25, 0.3) is 54.9 Å². The maximum Gasteiger partial charge on any atom is 0.00129 e. The van der Waals surface area contributed by atoms with Crippen LogP contribution in [0.5, 0.6) is 0 Å². The molecule has 0 spiro atoms. The summed E-state index contributed by atoms with van der Waals surface area (Å²) < 4.78 is 0. The predicted octanol–water partition coefficient (Wildman–Crippen LogP) is 13.7. The van der Waals surface area contributed by atoms with E-state index in [1.165, 1.54) is 109 Å². The Kier molecular flexibility index (Phi) is 11.0. The molecule has 0 saturated carbocycles. The third-order valence-corrected chi connectivity index (χ3v) is 16.9. The first-order valence-electron chi connectivity index (χ1n) is 21.5. The van der Waals surface area contributed by atoms with Gasteiger partial charge in [0.2, 0.25) is 0 Å². The van der Waals surface area contributed by atoms with Crippen LogP contribution in [-0.2, 0) is 0 Å². The second-order valence-corrected chi connectivity index (χ2v) is 20.8. The highest BCUT2D eigenvalue weighted by Crippen LogP contribution is 2.50. The van der Waals surface area contributed by atoms with Crippen LogP contribution < -0.4 is 31.8 Å². The Bertz CT molecular complexity index is 2870. The highest BCUT2D eigenvalue weighted by atomic mass is 31.1. The molecular weight excluding hydrogens is 783 g/mol. The summed E-state index contributed by atoms with van der Waals surface area (Å²) in [6.07, 6.45) is 0. The number of fused-ring (bicyclic) bond motifs is 2. The van der Waals surface area contributed by atoms with Crippen molar-refractivity contribution in [2.45, 2.75) is 27.7 Å². The summed E-state index contributed by atoms with van der Waals surface area (Å²) in [5.74, 6) is 0. The largest absolute Gasteiger partial charge is 0.0622 e. The van der Waals surface area contributed by atoms with E-state index in [1.54, 1.807) is 0 Å². The summed E-state index contributed by atoms with van der Waals surface area (Å²) in [4.78, 5) is 0. The van der Waals surface area contributed by atoms with Crippen LogP contribution in [0.3, 0.4) is 0 Å². The molecule has 0 nitrogen and oxygen atoms in total. The van der Waals surface area contributed by atoms with Gasteiger partial charge < -0.3 is 0 Å². The van der Waals surface area contributed by atoms with Gasteiger partial charge in [-0.3, -0.25) is 0 Å². The van der Waals surface area contributed by atoms with Crippen molar-refractivity contribution in [3.8, 4) is 33.4 Å². The Morgan fingerprint density at radius 1 is 0.274 bits per heavy atom. The number of aryl methyl sites for hydroxylation is 4. The van der Waals surface area contributed by atoms with E-state index in [1.807, 2.05) is 0 Å². The quantitative estimate of drug-likeness (QED) is 0.127. The molecule has 0 bridgehead atoms. The van der Waals surface area contributed by atoms with Crippen LogP contribution in [0.1, 0.15) is 22.3 Å². The van der Waals surface area contributed by atoms with Crippen molar-refractivity contribution < 1.29 is 0 Å². The number of hydrogen-bond acceptors (Lipinski definition) is 0. The summed E-state index contributed by atoms with van der Waals surface area (Å²) in [6.45, 7) is 8.95. The fourth-order valence-electron chi connectivity index (χ4n) is 9.47. The molecule has 0 aliphatic carbocycles. The molecule has 10 aromatic rings. The fourth-order valence-corrected chi connectivity index (χ4v) is 14.8. The maximum atomic E-state index is 2.50. The van der Waals surface area contributed by atoms with Gasteiger partial charge in [-0.25, -0.2) is 0 Å². The van der Waals surface area contributed by atoms with Crippen LogP contribution >= 0.6 is 15.8 Å². The summed E-state index contributed by atoms with van der Waals surface area (Å²) >= 11 is 0. The number of rotatable bonds is 9. The molecule has 10 rings (SSSR count). The normalized spacial score (nSPS) is 11.5. The van der Waals surface area contributed by atoms with Crippen LogP contribution in [0, 0.1) is 27.7 Å². The van der Waals surface area contributed by atoms with Gasteiger partial charge in [-0.05, 0) is 132 Å². The van der Waals surface area contributed by atoms with Gasteiger partial charge in [-0.2, -0.15) is 0 Å². The lowest BCUT2D eigenvalue weighted by Crippen LogP contribution is -2.28. The van der Waals surface area contributed by atoms with Gasteiger partial charge in [0.05, 0.1) is 0 Å². The fraction of sp³-hybridized carbons (Fsp3) is 0.0667. The van der Waals surface area contributed by atoms with E-state index in [0.717, 1.165) is 0 Å². The second kappa shape index (κ2) is 17.2. The zero-order valence-electron chi connectivity index (χ0n) is 35.7. The molecule has 0 fully saturated rings. The third kappa shape index (κ3) is 7.60. The van der Waals surface area contributed by atoms with E-state index in [2.05, 4.69) is 246 Å². The average molecular weight is 831 g/mol. The molecule has 2 heteroatoms. The minimum atomic E-state index is -1.09. The molecular formula is C60H48P2. The molecule has 0 heterocycles. The molecule has 0 aliphatic rings. The van der Waals surface area contributed by atoms with Crippen molar-refractivity contribution in [2.75, 3.05) is 0 Å². The molecule has 0 radical (unpaired) electrons. The third-order valence-electron chi connectivity index (χ3n) is 11.9. The minimum absolute atomic E-state index is 1.09. The Morgan fingerprint density at radius 2 is 0.548 bits per heavy atom. The van der Waals surface area contributed by atoms with Gasteiger partial charge in [0.25, 0.3) is 0 Å². The lowest BCUT2D eigenvalue weighted by atomic mass is 9.87. The maximum absolute atomic E-state index is 2.50. The predicted molar refractivity (Wildman–Crippen MR) is 274 cm³/mol.